The largest absolute Gasteiger partial charge is 0.494 e. The summed E-state index contributed by atoms with van der Waals surface area (Å²) < 4.78 is 5.43. The Labute approximate surface area is 177 Å². The molecule has 1 aromatic carbocycles. The topological polar surface area (TPSA) is 119 Å². The number of likely N-dealkylation sites (tertiary alicyclic amines) is 1. The van der Waals surface area contributed by atoms with E-state index in [9.17, 15) is 14.7 Å². The first kappa shape index (κ1) is 24.1. The van der Waals surface area contributed by atoms with Gasteiger partial charge in [0.2, 0.25) is 5.91 Å². The van der Waals surface area contributed by atoms with E-state index in [1.807, 2.05) is 31.2 Å². The molecule has 0 aromatic heterocycles. The number of aliphatic hydroxyl groups is 2. The lowest BCUT2D eigenvalue weighted by Gasteiger charge is -2.35. The molecule has 2 rings (SSSR count). The Morgan fingerprint density at radius 3 is 2.47 bits per heavy atom. The van der Waals surface area contributed by atoms with Crippen LogP contribution in [0.5, 0.6) is 5.75 Å². The first-order chi connectivity index (χ1) is 14.5. The summed E-state index contributed by atoms with van der Waals surface area (Å²) in [7, 11) is 0. The lowest BCUT2D eigenvalue weighted by Crippen LogP contribution is -2.48. The molecule has 0 saturated carbocycles. The third-order valence-electron chi connectivity index (χ3n) is 5.76. The van der Waals surface area contributed by atoms with Gasteiger partial charge in [0.15, 0.2) is 0 Å². The SMILES string of the molecule is CCOc1ccc(CCC[C@@H](C(=O)N2CCC(CCO)CC2)[C@H](O)C(=O)NO)cc1. The zero-order chi connectivity index (χ0) is 21.9. The van der Waals surface area contributed by atoms with Gasteiger partial charge in [-0.15, -0.1) is 0 Å². The quantitative estimate of drug-likeness (QED) is 0.317. The fourth-order valence-corrected chi connectivity index (χ4v) is 3.97. The van der Waals surface area contributed by atoms with Gasteiger partial charge in [-0.05, 0) is 69.1 Å². The van der Waals surface area contributed by atoms with Gasteiger partial charge in [0.25, 0.3) is 5.91 Å². The summed E-state index contributed by atoms with van der Waals surface area (Å²) in [5.74, 6) is -0.948. The molecule has 2 amide bonds. The fraction of sp³-hybridized carbons (Fsp3) is 0.636. The minimum absolute atomic E-state index is 0.141. The van der Waals surface area contributed by atoms with Crippen molar-refractivity contribution in [2.75, 3.05) is 26.3 Å². The number of hydrogen-bond acceptors (Lipinski definition) is 6. The molecule has 8 heteroatoms. The first-order valence-electron chi connectivity index (χ1n) is 10.7. The summed E-state index contributed by atoms with van der Waals surface area (Å²) in [5, 5.41) is 28.3. The molecule has 1 fully saturated rings. The number of hydroxylamine groups is 1. The van der Waals surface area contributed by atoms with Crippen LogP contribution in [0.2, 0.25) is 0 Å². The molecule has 2 atom stereocenters. The number of nitrogens with zero attached hydrogens (tertiary/aromatic N) is 1. The number of piperidine rings is 1. The summed E-state index contributed by atoms with van der Waals surface area (Å²) in [5.41, 5.74) is 2.53. The van der Waals surface area contributed by atoms with Crippen molar-refractivity contribution in [1.82, 2.24) is 10.4 Å². The van der Waals surface area contributed by atoms with Gasteiger partial charge in [0.05, 0.1) is 12.5 Å². The van der Waals surface area contributed by atoms with E-state index in [0.717, 1.165) is 30.6 Å². The number of rotatable bonds is 11. The van der Waals surface area contributed by atoms with Crippen molar-refractivity contribution in [1.29, 1.82) is 0 Å². The van der Waals surface area contributed by atoms with Crippen LogP contribution in [0.15, 0.2) is 24.3 Å². The van der Waals surface area contributed by atoms with E-state index in [1.54, 1.807) is 4.90 Å². The van der Waals surface area contributed by atoms with Crippen molar-refractivity contribution < 1.29 is 29.7 Å². The summed E-state index contributed by atoms with van der Waals surface area (Å²) in [6, 6.07) is 7.72. The average Bonchev–Trinajstić information content (AvgIpc) is 2.77. The Kier molecular flexibility index (Phi) is 10.1. The molecule has 0 radical (unpaired) electrons. The van der Waals surface area contributed by atoms with Gasteiger partial charge in [-0.2, -0.15) is 0 Å². The predicted molar refractivity (Wildman–Crippen MR) is 111 cm³/mol. The van der Waals surface area contributed by atoms with E-state index in [1.165, 1.54) is 5.48 Å². The number of aliphatic hydroxyl groups excluding tert-OH is 2. The van der Waals surface area contributed by atoms with Crippen molar-refractivity contribution in [3.8, 4) is 5.75 Å². The smallest absolute Gasteiger partial charge is 0.272 e. The maximum absolute atomic E-state index is 13.0. The molecule has 0 spiro atoms. The van der Waals surface area contributed by atoms with Gasteiger partial charge >= 0.3 is 0 Å². The van der Waals surface area contributed by atoms with Crippen molar-refractivity contribution in [2.45, 2.75) is 51.6 Å². The highest BCUT2D eigenvalue weighted by molar-refractivity contribution is 5.88. The molecule has 1 aliphatic rings. The van der Waals surface area contributed by atoms with Crippen molar-refractivity contribution in [2.24, 2.45) is 11.8 Å². The van der Waals surface area contributed by atoms with Gasteiger partial charge in [0, 0.05) is 19.7 Å². The molecule has 30 heavy (non-hydrogen) atoms. The molecule has 0 aliphatic carbocycles. The second-order valence-corrected chi connectivity index (χ2v) is 7.78. The van der Waals surface area contributed by atoms with Gasteiger partial charge in [0.1, 0.15) is 11.9 Å². The minimum atomic E-state index is -1.60. The van der Waals surface area contributed by atoms with Crippen LogP contribution in [0.25, 0.3) is 0 Å². The highest BCUT2D eigenvalue weighted by atomic mass is 16.5. The highest BCUT2D eigenvalue weighted by Crippen LogP contribution is 2.24. The summed E-state index contributed by atoms with van der Waals surface area (Å²) >= 11 is 0. The number of aryl methyl sites for hydroxylation is 1. The Bertz CT molecular complexity index is 658. The molecule has 1 aromatic rings. The molecule has 1 saturated heterocycles. The fourth-order valence-electron chi connectivity index (χ4n) is 3.97. The van der Waals surface area contributed by atoms with E-state index in [-0.39, 0.29) is 12.5 Å². The Morgan fingerprint density at radius 1 is 1.23 bits per heavy atom. The van der Waals surface area contributed by atoms with Crippen LogP contribution in [0.4, 0.5) is 0 Å². The molecular formula is C22H34N2O6. The maximum atomic E-state index is 13.0. The maximum Gasteiger partial charge on any atom is 0.272 e. The third-order valence-corrected chi connectivity index (χ3v) is 5.76. The summed E-state index contributed by atoms with van der Waals surface area (Å²) in [6.07, 6.45) is 2.36. The number of hydrogen-bond donors (Lipinski definition) is 4. The summed E-state index contributed by atoms with van der Waals surface area (Å²) in [6.45, 7) is 3.76. The van der Waals surface area contributed by atoms with E-state index in [0.29, 0.717) is 44.9 Å². The van der Waals surface area contributed by atoms with E-state index >= 15 is 0 Å². The monoisotopic (exact) mass is 422 g/mol. The van der Waals surface area contributed by atoms with E-state index in [4.69, 9.17) is 15.1 Å². The molecule has 0 bridgehead atoms. The number of ether oxygens (including phenoxy) is 1. The number of benzene rings is 1. The van der Waals surface area contributed by atoms with Gasteiger partial charge in [-0.3, -0.25) is 14.8 Å². The molecule has 1 aliphatic heterocycles. The van der Waals surface area contributed by atoms with Crippen LogP contribution in [0.1, 0.15) is 44.6 Å². The second-order valence-electron chi connectivity index (χ2n) is 7.78. The molecule has 8 nitrogen and oxygen atoms in total. The van der Waals surface area contributed by atoms with Gasteiger partial charge < -0.3 is 19.8 Å². The Morgan fingerprint density at radius 2 is 1.90 bits per heavy atom. The number of carbonyl (C=O) groups is 2. The zero-order valence-corrected chi connectivity index (χ0v) is 17.6. The average molecular weight is 423 g/mol. The lowest BCUT2D eigenvalue weighted by atomic mass is 9.89. The minimum Gasteiger partial charge on any atom is -0.494 e. The normalized spacial score (nSPS) is 16.7. The predicted octanol–water partition coefficient (Wildman–Crippen LogP) is 1.51. The van der Waals surface area contributed by atoms with Crippen molar-refractivity contribution in [3.63, 3.8) is 0 Å². The molecular weight excluding hydrogens is 388 g/mol. The van der Waals surface area contributed by atoms with Crippen LogP contribution in [-0.4, -0.2) is 64.5 Å². The number of carbonyl (C=O) groups excluding carboxylic acids is 2. The van der Waals surface area contributed by atoms with Crippen LogP contribution >= 0.6 is 0 Å². The zero-order valence-electron chi connectivity index (χ0n) is 17.6. The molecule has 4 N–H and O–H groups in total. The molecule has 168 valence electrons. The standard InChI is InChI=1S/C22H34N2O6/c1-2-30-18-8-6-16(7-9-18)4-3-5-19(20(26)21(27)23-29)22(28)24-13-10-17(11-14-24)12-15-25/h6-9,17,19-20,25-26,29H,2-5,10-15H2,1H3,(H,23,27)/t19-,20+/m1/s1. The Hall–Kier alpha value is -2.16. The van der Waals surface area contributed by atoms with Crippen LogP contribution in [-0.2, 0) is 16.0 Å². The number of nitrogens with one attached hydrogen (secondary N) is 1. The summed E-state index contributed by atoms with van der Waals surface area (Å²) in [4.78, 5) is 26.5. The Balaban J connectivity index is 1.95. The van der Waals surface area contributed by atoms with Crippen LogP contribution in [0, 0.1) is 11.8 Å². The van der Waals surface area contributed by atoms with Crippen molar-refractivity contribution in [3.05, 3.63) is 29.8 Å². The number of amides is 2. The second kappa shape index (κ2) is 12.5. The van der Waals surface area contributed by atoms with Crippen LogP contribution < -0.4 is 10.2 Å². The van der Waals surface area contributed by atoms with Crippen molar-refractivity contribution >= 4 is 11.8 Å². The molecule has 0 unspecified atom stereocenters. The lowest BCUT2D eigenvalue weighted by molar-refractivity contribution is -0.151. The first-order valence-corrected chi connectivity index (χ1v) is 10.7. The van der Waals surface area contributed by atoms with Crippen LogP contribution in [0.3, 0.4) is 0 Å². The van der Waals surface area contributed by atoms with Gasteiger partial charge in [-0.1, -0.05) is 12.1 Å². The van der Waals surface area contributed by atoms with E-state index in [2.05, 4.69) is 0 Å². The highest BCUT2D eigenvalue weighted by Gasteiger charge is 2.35. The third kappa shape index (κ3) is 6.97. The molecule has 1 heterocycles. The van der Waals surface area contributed by atoms with Gasteiger partial charge in [-0.25, -0.2) is 5.48 Å². The van der Waals surface area contributed by atoms with E-state index < -0.39 is 17.9 Å².